The van der Waals surface area contributed by atoms with Gasteiger partial charge in [-0.15, -0.1) is 0 Å². The Labute approximate surface area is 106 Å². The Morgan fingerprint density at radius 2 is 2.21 bits per heavy atom. The van der Waals surface area contributed by atoms with Crippen molar-refractivity contribution in [3.63, 3.8) is 0 Å². The van der Waals surface area contributed by atoms with Gasteiger partial charge in [0.1, 0.15) is 11.9 Å². The number of hydrogen-bond donors (Lipinski definition) is 1. The van der Waals surface area contributed by atoms with Crippen LogP contribution in [-0.4, -0.2) is 16.9 Å². The average Bonchev–Trinajstić information content (AvgIpc) is 2.37. The van der Waals surface area contributed by atoms with Gasteiger partial charge in [0, 0.05) is 0 Å². The Kier molecular flexibility index (Phi) is 4.47. The lowest BCUT2D eigenvalue weighted by Crippen LogP contribution is -2.33. The lowest BCUT2D eigenvalue weighted by Gasteiger charge is -2.09. The van der Waals surface area contributed by atoms with Crippen LogP contribution in [0, 0.1) is 33.1 Å². The van der Waals surface area contributed by atoms with E-state index in [1.807, 2.05) is 0 Å². The minimum Gasteiger partial charge on any atom is -0.336 e. The van der Waals surface area contributed by atoms with E-state index in [9.17, 15) is 23.7 Å². The number of carbonyl (C=O) groups excluding carboxylic acids is 1. The van der Waals surface area contributed by atoms with Gasteiger partial charge in [-0.25, -0.2) is 4.39 Å². The van der Waals surface area contributed by atoms with E-state index in [2.05, 4.69) is 5.32 Å². The molecule has 1 rings (SSSR count). The molecule has 19 heavy (non-hydrogen) atoms. The maximum Gasteiger partial charge on any atom is 0.308 e. The summed E-state index contributed by atoms with van der Waals surface area (Å²) in [7, 11) is 0. The first-order valence-electron chi connectivity index (χ1n) is 5.24. The van der Waals surface area contributed by atoms with Gasteiger partial charge < -0.3 is 5.32 Å². The first-order valence-corrected chi connectivity index (χ1v) is 5.24. The van der Waals surface area contributed by atoms with E-state index in [-0.39, 0.29) is 6.42 Å². The van der Waals surface area contributed by atoms with Crippen LogP contribution in [0.25, 0.3) is 0 Å². The van der Waals surface area contributed by atoms with E-state index in [1.54, 1.807) is 13.0 Å². The number of hydrogen-bond acceptors (Lipinski definition) is 4. The molecular weight excluding hydrogens is 260 g/mol. The zero-order valence-electron chi connectivity index (χ0n) is 9.81. The normalized spacial score (nSPS) is 11.5. The van der Waals surface area contributed by atoms with Crippen molar-refractivity contribution in [1.82, 2.24) is 5.32 Å². The lowest BCUT2D eigenvalue weighted by molar-refractivity contribution is -0.387. The summed E-state index contributed by atoms with van der Waals surface area (Å²) >= 11 is 0. The molecule has 0 heterocycles. The molecule has 0 saturated carbocycles. The molecule has 1 atom stereocenters. The highest BCUT2D eigenvalue weighted by atomic mass is 19.1. The third-order valence-corrected chi connectivity index (χ3v) is 2.33. The zero-order valence-corrected chi connectivity index (χ0v) is 9.81. The van der Waals surface area contributed by atoms with Crippen LogP contribution >= 0.6 is 0 Å². The summed E-state index contributed by atoms with van der Waals surface area (Å²) in [5.41, 5.74) is -1.93. The number of halogens is 2. The van der Waals surface area contributed by atoms with Crippen molar-refractivity contribution in [2.75, 3.05) is 0 Å². The number of nitro benzene ring substituents is 1. The number of benzene rings is 1. The largest absolute Gasteiger partial charge is 0.336 e. The summed E-state index contributed by atoms with van der Waals surface area (Å²) in [5, 5.41) is 21.3. The molecule has 0 fully saturated rings. The van der Waals surface area contributed by atoms with Gasteiger partial charge in [-0.3, -0.25) is 14.9 Å². The van der Waals surface area contributed by atoms with Crippen LogP contribution in [0.1, 0.15) is 23.7 Å². The van der Waals surface area contributed by atoms with Gasteiger partial charge in [0.25, 0.3) is 5.91 Å². The molecule has 0 aliphatic heterocycles. The van der Waals surface area contributed by atoms with Gasteiger partial charge >= 0.3 is 5.69 Å². The minimum atomic E-state index is -1.43. The molecule has 1 amide bonds. The van der Waals surface area contributed by atoms with Gasteiger partial charge in [0.15, 0.2) is 0 Å². The lowest BCUT2D eigenvalue weighted by atomic mass is 10.1. The molecule has 0 bridgehead atoms. The highest BCUT2D eigenvalue weighted by molar-refractivity contribution is 5.95. The number of nitrogens with one attached hydrogen (secondary N) is 1. The van der Waals surface area contributed by atoms with E-state index in [0.717, 1.165) is 0 Å². The molecule has 1 aromatic rings. The smallest absolute Gasteiger partial charge is 0.308 e. The summed E-state index contributed by atoms with van der Waals surface area (Å²) < 4.78 is 26.8. The van der Waals surface area contributed by atoms with Gasteiger partial charge in [-0.1, -0.05) is 6.92 Å². The molecule has 0 radical (unpaired) electrons. The Morgan fingerprint density at radius 1 is 1.58 bits per heavy atom. The van der Waals surface area contributed by atoms with Crippen molar-refractivity contribution >= 4 is 11.6 Å². The summed E-state index contributed by atoms with van der Waals surface area (Å²) in [4.78, 5) is 21.0. The van der Waals surface area contributed by atoms with Crippen LogP contribution < -0.4 is 5.32 Å². The third-order valence-electron chi connectivity index (χ3n) is 2.33. The van der Waals surface area contributed by atoms with Crippen LogP contribution in [0.4, 0.5) is 14.5 Å². The molecular formula is C11H9F2N3O3. The maximum absolute atomic E-state index is 13.7. The molecule has 1 N–H and O–H groups in total. The average molecular weight is 269 g/mol. The van der Waals surface area contributed by atoms with Crippen LogP contribution in [0.2, 0.25) is 0 Å². The fourth-order valence-corrected chi connectivity index (χ4v) is 1.33. The van der Waals surface area contributed by atoms with Crippen LogP contribution in [0.3, 0.4) is 0 Å². The summed E-state index contributed by atoms with van der Waals surface area (Å²) in [6, 6.07) is 1.79. The first kappa shape index (κ1) is 14.5. The maximum atomic E-state index is 13.7. The van der Waals surface area contributed by atoms with Crippen molar-refractivity contribution in [3.05, 3.63) is 39.4 Å². The summed E-state index contributed by atoms with van der Waals surface area (Å²) in [6.45, 7) is 1.61. The second-order valence-electron chi connectivity index (χ2n) is 3.61. The topological polar surface area (TPSA) is 96.0 Å². The van der Waals surface area contributed by atoms with Gasteiger partial charge in [-0.2, -0.15) is 9.65 Å². The number of nitrogens with zero attached hydrogens (tertiary/aromatic N) is 2. The minimum absolute atomic E-state index is 0.265. The fraction of sp³-hybridized carbons (Fsp3) is 0.273. The molecule has 1 aromatic carbocycles. The summed E-state index contributed by atoms with van der Waals surface area (Å²) in [5.74, 6) is -3.62. The van der Waals surface area contributed by atoms with Crippen LogP contribution in [0.15, 0.2) is 12.1 Å². The predicted octanol–water partition coefficient (Wildman–Crippen LogP) is 1.90. The number of amides is 1. The molecule has 0 aliphatic rings. The number of nitro groups is 1. The first-order chi connectivity index (χ1) is 8.90. The van der Waals surface area contributed by atoms with Gasteiger partial charge in [-0.05, 0) is 12.5 Å². The van der Waals surface area contributed by atoms with Crippen LogP contribution in [-0.2, 0) is 0 Å². The Hall–Kier alpha value is -2.56. The molecule has 100 valence electrons. The monoisotopic (exact) mass is 269 g/mol. The molecule has 0 saturated heterocycles. The van der Waals surface area contributed by atoms with E-state index in [0.29, 0.717) is 12.1 Å². The Bertz CT molecular complexity index is 569. The van der Waals surface area contributed by atoms with E-state index < -0.39 is 39.8 Å². The Morgan fingerprint density at radius 3 is 2.68 bits per heavy atom. The quantitative estimate of drug-likeness (QED) is 0.667. The highest BCUT2D eigenvalue weighted by Crippen LogP contribution is 2.22. The van der Waals surface area contributed by atoms with E-state index in [1.165, 1.54) is 0 Å². The summed E-state index contributed by atoms with van der Waals surface area (Å²) in [6.07, 6.45) is 0.265. The number of nitriles is 1. The zero-order chi connectivity index (χ0) is 14.6. The number of carbonyl (C=O) groups is 1. The molecule has 0 aliphatic carbocycles. The fourth-order valence-electron chi connectivity index (χ4n) is 1.33. The molecule has 8 heteroatoms. The molecule has 1 unspecified atom stereocenters. The van der Waals surface area contributed by atoms with Crippen molar-refractivity contribution in [2.45, 2.75) is 19.4 Å². The van der Waals surface area contributed by atoms with Crippen molar-refractivity contribution in [2.24, 2.45) is 0 Å². The SMILES string of the molecule is CCC(C#N)NC(=O)c1cc(F)cc([N+](=O)[O-])c1F. The van der Waals surface area contributed by atoms with E-state index >= 15 is 0 Å². The van der Waals surface area contributed by atoms with Gasteiger partial charge in [0.05, 0.1) is 22.6 Å². The van der Waals surface area contributed by atoms with Crippen molar-refractivity contribution in [1.29, 1.82) is 5.26 Å². The van der Waals surface area contributed by atoms with Crippen LogP contribution in [0.5, 0.6) is 0 Å². The Balaban J connectivity index is 3.17. The molecule has 0 spiro atoms. The van der Waals surface area contributed by atoms with Crippen molar-refractivity contribution < 1.29 is 18.5 Å². The highest BCUT2D eigenvalue weighted by Gasteiger charge is 2.25. The van der Waals surface area contributed by atoms with Crippen molar-refractivity contribution in [3.8, 4) is 6.07 Å². The second kappa shape index (κ2) is 5.86. The third kappa shape index (κ3) is 3.22. The van der Waals surface area contributed by atoms with Gasteiger partial charge in [0.2, 0.25) is 5.82 Å². The molecule has 0 aromatic heterocycles. The van der Waals surface area contributed by atoms with E-state index in [4.69, 9.17) is 5.26 Å². The standard InChI is InChI=1S/C11H9F2N3O3/c1-2-7(5-14)15-11(17)8-3-6(12)4-9(10(8)13)16(18)19/h3-4,7H,2H2,1H3,(H,15,17). The second-order valence-corrected chi connectivity index (χ2v) is 3.61. The predicted molar refractivity (Wildman–Crippen MR) is 60.2 cm³/mol. The molecule has 6 nitrogen and oxygen atoms in total. The number of rotatable bonds is 4.